The predicted octanol–water partition coefficient (Wildman–Crippen LogP) is 23.0. The van der Waals surface area contributed by atoms with Crippen LogP contribution in [0.2, 0.25) is 0 Å². The average molecular weight is 2240 g/mol. The number of aromatic nitrogens is 6. The maximum absolute atomic E-state index is 16.5. The van der Waals surface area contributed by atoms with Crippen LogP contribution in [0.1, 0.15) is 198 Å². The largest absolute Gasteiger partial charge is 0.497 e. The summed E-state index contributed by atoms with van der Waals surface area (Å²) in [6.45, 7) is 11.5. The number of hydrogen-bond acceptors (Lipinski definition) is 23. The van der Waals surface area contributed by atoms with Gasteiger partial charge in [0.15, 0.2) is 37.2 Å². The fraction of sp³-hybridized carbons (Fsp3) is 0.468. The zero-order valence-corrected chi connectivity index (χ0v) is 96.0. The highest BCUT2D eigenvalue weighted by molar-refractivity contribution is 9.28. The van der Waals surface area contributed by atoms with Gasteiger partial charge in [-0.05, 0) is 202 Å². The summed E-state index contributed by atoms with van der Waals surface area (Å²) in [7, 11) is 24.7. The molecule has 2 saturated carbocycles. The molecular formula is C94H135F3N11O17P16-. The highest BCUT2D eigenvalue weighted by Crippen LogP contribution is 3.22. The number of nitrogen functional groups attached to an aromatic ring is 1. The number of aliphatic hydroxyl groups is 3. The Morgan fingerprint density at radius 2 is 0.837 bits per heavy atom. The molecule has 141 heavy (non-hydrogen) atoms. The maximum Gasteiger partial charge on any atom is 0.351 e. The standard InChI is InChI=1S/C49H63FN5O10P.C31H32FN3O5.C13H20FN3O2.CH4.H16P15/c1-5-48(32-62-66(60,53-33(2)45(57)63-39-22-14-8-15-23-39)54-34(3)46(58)64-40-24-16-9-17-25-40)43(56)42(50)44(65-48)55-31-30-41(51-47(55)59)52-49(35-18-10-6-11-19-35,36-20-12-7-13-21-36)37-26-28-38(61-4)29-27-37;1-3-30(20-36)27(37)26(32)28(40-30)35-19-18-25(33-29(35)38)34-31(21-10-6-4-7-11-21,22-12-8-5-9-13-22)23-14-16-24(39-2)17-15-23;1-4-13(5-2)8(3)10(14)11(19-13)17-7-6-9(15)16-12(17)18;;1-9-13(8)15(12(6)7)14(10(2)3)11(4)5/h6-7,10-13,18-21,26-31,33-34,39-40,42-44,56H,5,8-9,14-17,22-25,32H2,1-4H3,(H,51,52,59)(H2,53,54,60);4-19,26-28,36-37H,3,20H2,1-2H3,(H,33,34,38);6-8,10-11H,4-5H2,1-3H3,(H2,15,16,18);1H4;1-8H2/q;;;;-1/t33-,34-,42+,43-,44+,48+;26-,27+,28-,30-;8-,10+,11+;;/m010../s1. The van der Waals surface area contributed by atoms with Gasteiger partial charge in [-0.25, -0.2) is 44.7 Å². The van der Waals surface area contributed by atoms with Crippen LogP contribution in [0, 0.1) is 5.92 Å². The summed E-state index contributed by atoms with van der Waals surface area (Å²) in [6, 6.07) is 56.4. The number of nitrogens with two attached hydrogens (primary N) is 1. The molecule has 23 atom stereocenters. The van der Waals surface area contributed by atoms with Crippen molar-refractivity contribution in [2.24, 2.45) is 5.92 Å². The van der Waals surface area contributed by atoms with E-state index in [1.807, 2.05) is 191 Å². The van der Waals surface area contributed by atoms with E-state index in [0.29, 0.717) is 24.3 Å². The van der Waals surface area contributed by atoms with Crippen molar-refractivity contribution in [1.82, 2.24) is 38.8 Å². The Morgan fingerprint density at radius 1 is 0.511 bits per heavy atom. The molecule has 10 unspecified atom stereocenters. The highest BCUT2D eigenvalue weighted by atomic mass is 33.3. The smallest absolute Gasteiger partial charge is 0.351 e. The normalized spacial score (nSPS) is 23.0. The fourth-order valence-electron chi connectivity index (χ4n) is 18.0. The molecule has 47 heteroatoms. The highest BCUT2D eigenvalue weighted by Gasteiger charge is 2.58. The first-order valence-corrected chi connectivity index (χ1v) is 73.9. The SMILES string of the molecule is C.CCC1(CC)O[C@@H](n2ccc(N)nc2=O)[C@H](F)[C@@H]1C.CC[C@]1(CO)O[C@@H](n2ccc(NC(c3ccccc3)(c3ccccc3)c3ccc(OC)cc3)nc2=O)[C@H](F)[C@@H]1O.CC[C@]1(COP(=O)(N[C@@H](C)C(=O)OC2CCCCC2)N[C@@H](C)C(=O)OC2CCCCC2)O[C@@H](n2ccc(NC(c3ccccc3)(c3ccccc3)c3ccc(OC)cc3)nc2=O)[C@H](F)[C@@H]1O.P[P-]P(P)P(P(P)P)P(P(P)P)P(P)P. The molecule has 6 aromatic carbocycles. The van der Waals surface area contributed by atoms with Crippen molar-refractivity contribution in [3.8, 4) is 11.5 Å². The van der Waals surface area contributed by atoms with Crippen molar-refractivity contribution in [3.63, 3.8) is 0 Å². The second-order valence-electron chi connectivity index (χ2n) is 34.6. The van der Waals surface area contributed by atoms with E-state index in [2.05, 4.69) is 107 Å². The number of carbonyl (C=O) groups is 2. The average Bonchev–Trinajstić information content (AvgIpc) is 1.54. The second kappa shape index (κ2) is 55.2. The number of ether oxygens (including phenoxy) is 7. The zero-order valence-electron chi connectivity index (χ0n) is 79.6. The van der Waals surface area contributed by atoms with E-state index in [1.165, 1.54) is 57.1 Å². The summed E-state index contributed by atoms with van der Waals surface area (Å²) in [6.07, 6.45) is 1.09. The summed E-state index contributed by atoms with van der Waals surface area (Å²) < 4.78 is 110. The molecule has 0 bridgehead atoms. The number of carbonyl (C=O) groups excluding carboxylic acids is 2. The number of methoxy groups -OCH3 is 2. The van der Waals surface area contributed by atoms with E-state index in [4.69, 9.17) is 43.4 Å². The lowest BCUT2D eigenvalue weighted by atomic mass is 9.77. The Morgan fingerprint density at radius 3 is 1.15 bits per heavy atom. The van der Waals surface area contributed by atoms with Crippen LogP contribution in [0.15, 0.2) is 221 Å². The Labute approximate surface area is 851 Å². The third-order valence-electron chi connectivity index (χ3n) is 26.0. The minimum Gasteiger partial charge on any atom is -0.497 e. The molecule has 3 aliphatic heterocycles. The van der Waals surface area contributed by atoms with Crippen LogP contribution in [-0.4, -0.2) is 155 Å². The first kappa shape index (κ1) is 119. The van der Waals surface area contributed by atoms with Crippen LogP contribution in [0.5, 0.6) is 11.5 Å². The molecular weight excluding hydrogens is 2110 g/mol. The van der Waals surface area contributed by atoms with E-state index < -0.39 is 139 Å². The minimum absolute atomic E-state index is 0. The van der Waals surface area contributed by atoms with E-state index in [-0.39, 0.29) is 97.8 Å². The van der Waals surface area contributed by atoms with Crippen LogP contribution >= 0.6 is 129 Å². The molecule has 0 amide bonds. The number of anilines is 3. The van der Waals surface area contributed by atoms with Crippen molar-refractivity contribution in [3.05, 3.63) is 271 Å². The molecule has 9 N–H and O–H groups in total. The molecule has 3 aromatic heterocycles. The van der Waals surface area contributed by atoms with Gasteiger partial charge in [0.2, 0.25) is 0 Å². The van der Waals surface area contributed by atoms with Gasteiger partial charge < -0.3 is 77.3 Å². The maximum atomic E-state index is 16.5. The quantitative estimate of drug-likeness (QED) is 0.0102. The topological polar surface area (TPSA) is 365 Å². The predicted molar refractivity (Wildman–Crippen MR) is 599 cm³/mol. The van der Waals surface area contributed by atoms with Gasteiger partial charge in [-0.1, -0.05) is 200 Å². The molecule has 0 radical (unpaired) electrons. The summed E-state index contributed by atoms with van der Waals surface area (Å²) >= 11 is 0. The van der Waals surface area contributed by atoms with Gasteiger partial charge in [-0.15, -0.1) is 62.5 Å². The molecule has 28 nitrogen and oxygen atoms in total. The molecule has 3 saturated heterocycles. The number of rotatable bonds is 37. The third kappa shape index (κ3) is 28.6. The Kier molecular flexibility index (Phi) is 46.5. The number of nitrogens with zero attached hydrogens (tertiary/aromatic N) is 6. The van der Waals surface area contributed by atoms with E-state index in [1.54, 1.807) is 34.1 Å². The summed E-state index contributed by atoms with van der Waals surface area (Å²) in [5.74, 6) is 0.324. The molecule has 2 aliphatic carbocycles. The number of aliphatic hydroxyl groups excluding tert-OH is 3. The van der Waals surface area contributed by atoms with Gasteiger partial charge in [0.25, 0.3) is 0 Å². The van der Waals surface area contributed by atoms with E-state index in [0.717, 1.165) is 107 Å². The molecule has 0 spiro atoms. The van der Waals surface area contributed by atoms with Gasteiger partial charge in [0.1, 0.15) is 87.7 Å². The first-order valence-electron chi connectivity index (χ1n) is 46.1. The fourth-order valence-corrected chi connectivity index (χ4v) is 172. The number of hydrogen-bond donors (Lipinski definition) is 8. The molecule has 5 aliphatic rings. The van der Waals surface area contributed by atoms with Crippen LogP contribution < -0.4 is 53.1 Å². The van der Waals surface area contributed by atoms with E-state index >= 15 is 8.78 Å². The molecule has 6 heterocycles. The lowest BCUT2D eigenvalue weighted by molar-refractivity contribution is -0.152. The lowest BCUT2D eigenvalue weighted by Crippen LogP contribution is -2.48. The van der Waals surface area contributed by atoms with Gasteiger partial charge in [-0.3, -0.25) is 36.8 Å². The summed E-state index contributed by atoms with van der Waals surface area (Å²) in [5, 5.41) is 44.2. The zero-order chi connectivity index (χ0) is 102. The van der Waals surface area contributed by atoms with Crippen molar-refractivity contribution in [2.75, 3.05) is 43.8 Å². The van der Waals surface area contributed by atoms with Gasteiger partial charge in [0, 0.05) is 24.5 Å². The lowest BCUT2D eigenvalue weighted by Gasteiger charge is -2.44. The minimum atomic E-state index is -4.42. The van der Waals surface area contributed by atoms with Crippen LogP contribution in [0.25, 0.3) is 0 Å². The molecule has 9 aromatic rings. The Balaban J connectivity index is 0.000000228. The van der Waals surface area contributed by atoms with E-state index in [9.17, 15) is 48.2 Å². The molecule has 14 rings (SSSR count). The molecule has 5 fully saturated rings. The summed E-state index contributed by atoms with van der Waals surface area (Å²) in [5.41, 5.74) is 2.51. The summed E-state index contributed by atoms with van der Waals surface area (Å²) in [4.78, 5) is 77.9. The number of halogens is 3. The van der Waals surface area contributed by atoms with Crippen molar-refractivity contribution in [1.29, 1.82) is 0 Å². The van der Waals surface area contributed by atoms with Gasteiger partial charge in [-0.2, -0.15) is 15.0 Å². The molecule has 770 valence electrons. The Hall–Kier alpha value is -3.99. The van der Waals surface area contributed by atoms with Gasteiger partial charge >= 0.3 is 36.7 Å². The first-order chi connectivity index (χ1) is 66.9. The van der Waals surface area contributed by atoms with Crippen LogP contribution in [-0.2, 0) is 53.4 Å². The number of benzene rings is 6. The van der Waals surface area contributed by atoms with Crippen molar-refractivity contribution < 1.29 is 80.3 Å². The third-order valence-corrected chi connectivity index (χ3v) is 114. The van der Waals surface area contributed by atoms with Crippen molar-refractivity contribution in [2.45, 2.75) is 247 Å². The van der Waals surface area contributed by atoms with Crippen LogP contribution in [0.4, 0.5) is 30.6 Å². The van der Waals surface area contributed by atoms with Crippen molar-refractivity contribution >= 4 is 158 Å². The van der Waals surface area contributed by atoms with Gasteiger partial charge in [0.05, 0.1) is 33.0 Å². The number of alkyl halides is 3. The number of esters is 2. The van der Waals surface area contributed by atoms with Crippen LogP contribution in [0.3, 0.4) is 0 Å². The monoisotopic (exact) mass is 2240 g/mol. The Bertz CT molecular complexity index is 5550. The number of nitrogens with one attached hydrogen (secondary N) is 4. The second-order valence-corrected chi connectivity index (χ2v) is 91.4.